The molecule has 3 aromatic rings. The molecule has 3 rings (SSSR count). The van der Waals surface area contributed by atoms with Crippen LogP contribution in [0.3, 0.4) is 0 Å². The van der Waals surface area contributed by atoms with E-state index >= 15 is 0 Å². The van der Waals surface area contributed by atoms with Gasteiger partial charge in [0.25, 0.3) is 0 Å². The van der Waals surface area contributed by atoms with Crippen molar-refractivity contribution in [1.29, 1.82) is 0 Å². The fourth-order valence-electron chi connectivity index (χ4n) is 2.34. The number of methoxy groups -OCH3 is 1. The lowest BCUT2D eigenvalue weighted by atomic mass is 10.3. The second-order valence-electron chi connectivity index (χ2n) is 5.46. The van der Waals surface area contributed by atoms with Crippen molar-refractivity contribution in [2.75, 3.05) is 20.3 Å². The van der Waals surface area contributed by atoms with Crippen LogP contribution in [0, 0.1) is 6.92 Å². The van der Waals surface area contributed by atoms with E-state index in [-0.39, 0.29) is 0 Å². The molecule has 24 heavy (non-hydrogen) atoms. The van der Waals surface area contributed by atoms with Crippen molar-refractivity contribution >= 4 is 11.3 Å². The summed E-state index contributed by atoms with van der Waals surface area (Å²) in [5.74, 6) is 1.09. The van der Waals surface area contributed by atoms with Crippen molar-refractivity contribution in [2.24, 2.45) is 0 Å². The molecule has 3 heterocycles. The van der Waals surface area contributed by atoms with Gasteiger partial charge in [0.1, 0.15) is 0 Å². The summed E-state index contributed by atoms with van der Waals surface area (Å²) in [5.41, 5.74) is 0.827. The summed E-state index contributed by atoms with van der Waals surface area (Å²) in [4.78, 5) is 8.95. The highest BCUT2D eigenvalue weighted by Crippen LogP contribution is 2.20. The minimum absolute atomic E-state index is 0.497. The lowest BCUT2D eigenvalue weighted by Crippen LogP contribution is -2.26. The summed E-state index contributed by atoms with van der Waals surface area (Å²) in [6.45, 7) is 5.01. The summed E-state index contributed by atoms with van der Waals surface area (Å²) in [5, 5.41) is 8.28. The van der Waals surface area contributed by atoms with Crippen LogP contribution in [0.1, 0.15) is 15.6 Å². The largest absolute Gasteiger partial charge is 0.419 e. The number of pyridine rings is 1. The normalized spacial score (nSPS) is 11.3. The molecule has 0 N–H and O–H groups in total. The van der Waals surface area contributed by atoms with Gasteiger partial charge in [0.2, 0.25) is 11.8 Å². The van der Waals surface area contributed by atoms with Crippen molar-refractivity contribution in [1.82, 2.24) is 20.1 Å². The van der Waals surface area contributed by atoms with E-state index in [1.54, 1.807) is 30.8 Å². The Bertz CT molecular complexity index is 757. The van der Waals surface area contributed by atoms with Crippen LogP contribution in [-0.4, -0.2) is 40.3 Å². The predicted molar refractivity (Wildman–Crippen MR) is 92.6 cm³/mol. The van der Waals surface area contributed by atoms with Gasteiger partial charge >= 0.3 is 0 Å². The first-order valence-corrected chi connectivity index (χ1v) is 8.55. The van der Waals surface area contributed by atoms with E-state index in [1.807, 2.05) is 12.1 Å². The summed E-state index contributed by atoms with van der Waals surface area (Å²) >= 11 is 1.80. The van der Waals surface area contributed by atoms with Crippen LogP contribution in [0.5, 0.6) is 0 Å². The van der Waals surface area contributed by atoms with E-state index in [0.717, 1.165) is 18.7 Å². The van der Waals surface area contributed by atoms with Gasteiger partial charge in [0, 0.05) is 42.3 Å². The van der Waals surface area contributed by atoms with Crippen molar-refractivity contribution < 1.29 is 9.15 Å². The molecule has 6 nitrogen and oxygen atoms in total. The van der Waals surface area contributed by atoms with Crippen molar-refractivity contribution in [2.45, 2.75) is 20.0 Å². The minimum Gasteiger partial charge on any atom is -0.419 e. The monoisotopic (exact) mass is 344 g/mol. The molecule has 0 aliphatic heterocycles. The van der Waals surface area contributed by atoms with E-state index in [4.69, 9.17) is 9.15 Å². The zero-order valence-corrected chi connectivity index (χ0v) is 14.6. The molecular weight excluding hydrogens is 324 g/mol. The third-order valence-electron chi connectivity index (χ3n) is 3.52. The number of hydrogen-bond donors (Lipinski definition) is 0. The molecule has 0 saturated heterocycles. The lowest BCUT2D eigenvalue weighted by Gasteiger charge is -2.19. The zero-order chi connectivity index (χ0) is 16.8. The number of hydrogen-bond acceptors (Lipinski definition) is 7. The average molecular weight is 344 g/mol. The highest BCUT2D eigenvalue weighted by Gasteiger charge is 2.14. The van der Waals surface area contributed by atoms with Crippen LogP contribution in [-0.2, 0) is 17.8 Å². The molecule has 0 fully saturated rings. The molecule has 0 saturated carbocycles. The molecule has 0 atom stereocenters. The summed E-state index contributed by atoms with van der Waals surface area (Å²) in [7, 11) is 1.71. The smallest absolute Gasteiger partial charge is 0.249 e. The molecule has 0 unspecified atom stereocenters. The van der Waals surface area contributed by atoms with E-state index in [1.165, 1.54) is 9.75 Å². The maximum atomic E-state index is 5.78. The number of nitrogens with zero attached hydrogens (tertiary/aromatic N) is 4. The van der Waals surface area contributed by atoms with Gasteiger partial charge in [0.15, 0.2) is 0 Å². The SMILES string of the molecule is COCCN(Cc1nnc(-c2cccnc2)o1)Cc1ccc(C)s1. The van der Waals surface area contributed by atoms with E-state index in [9.17, 15) is 0 Å². The Hall–Kier alpha value is -2.09. The summed E-state index contributed by atoms with van der Waals surface area (Å²) in [6.07, 6.45) is 3.44. The molecule has 0 radical (unpaired) electrons. The molecule has 0 bridgehead atoms. The molecule has 0 aliphatic rings. The Balaban J connectivity index is 1.69. The van der Waals surface area contributed by atoms with Crippen LogP contribution < -0.4 is 0 Å². The number of rotatable bonds is 8. The van der Waals surface area contributed by atoms with Crippen LogP contribution in [0.15, 0.2) is 41.1 Å². The van der Waals surface area contributed by atoms with Crippen LogP contribution >= 0.6 is 11.3 Å². The maximum absolute atomic E-state index is 5.78. The first-order chi connectivity index (χ1) is 11.7. The van der Waals surface area contributed by atoms with Gasteiger partial charge in [-0.05, 0) is 31.2 Å². The van der Waals surface area contributed by atoms with Crippen LogP contribution in [0.2, 0.25) is 0 Å². The van der Waals surface area contributed by atoms with Gasteiger partial charge in [0.05, 0.1) is 18.7 Å². The second kappa shape index (κ2) is 8.14. The third kappa shape index (κ3) is 4.47. The molecule has 7 heteroatoms. The van der Waals surface area contributed by atoms with Gasteiger partial charge in [-0.2, -0.15) is 0 Å². The third-order valence-corrected chi connectivity index (χ3v) is 4.51. The minimum atomic E-state index is 0.497. The fraction of sp³-hybridized carbons (Fsp3) is 0.353. The molecule has 0 spiro atoms. The van der Waals surface area contributed by atoms with Crippen molar-refractivity contribution in [3.8, 4) is 11.5 Å². The molecule has 126 valence electrons. The first kappa shape index (κ1) is 16.8. The Morgan fingerprint density at radius 1 is 1.21 bits per heavy atom. The average Bonchev–Trinajstić information content (AvgIpc) is 3.23. The highest BCUT2D eigenvalue weighted by atomic mass is 32.1. The standard InChI is InChI=1S/C17H20N4O2S/c1-13-5-6-15(24-13)11-21(8-9-22-2)12-16-19-20-17(23-16)14-4-3-7-18-10-14/h3-7,10H,8-9,11-12H2,1-2H3. The Morgan fingerprint density at radius 3 is 2.83 bits per heavy atom. The Morgan fingerprint density at radius 2 is 2.12 bits per heavy atom. The Kier molecular flexibility index (Phi) is 5.68. The number of thiophene rings is 1. The fourth-order valence-corrected chi connectivity index (χ4v) is 3.27. The zero-order valence-electron chi connectivity index (χ0n) is 13.8. The van der Waals surface area contributed by atoms with Crippen molar-refractivity contribution in [3.05, 3.63) is 52.3 Å². The lowest BCUT2D eigenvalue weighted by molar-refractivity contribution is 0.134. The van der Waals surface area contributed by atoms with Gasteiger partial charge in [-0.15, -0.1) is 21.5 Å². The number of aryl methyl sites for hydroxylation is 1. The summed E-state index contributed by atoms with van der Waals surface area (Å²) < 4.78 is 11.0. The van der Waals surface area contributed by atoms with E-state index < -0.39 is 0 Å². The molecule has 3 aromatic heterocycles. The molecular formula is C17H20N4O2S. The molecule has 0 aliphatic carbocycles. The van der Waals surface area contributed by atoms with Crippen LogP contribution in [0.4, 0.5) is 0 Å². The first-order valence-electron chi connectivity index (χ1n) is 7.74. The summed E-state index contributed by atoms with van der Waals surface area (Å²) in [6, 6.07) is 8.06. The van der Waals surface area contributed by atoms with Crippen LogP contribution in [0.25, 0.3) is 11.5 Å². The molecule has 0 amide bonds. The number of aromatic nitrogens is 3. The quantitative estimate of drug-likeness (QED) is 0.625. The second-order valence-corrected chi connectivity index (χ2v) is 6.83. The predicted octanol–water partition coefficient (Wildman–Crippen LogP) is 3.15. The van der Waals surface area contributed by atoms with Crippen molar-refractivity contribution in [3.63, 3.8) is 0 Å². The maximum Gasteiger partial charge on any atom is 0.249 e. The van der Waals surface area contributed by atoms with Gasteiger partial charge in [-0.25, -0.2) is 0 Å². The molecule has 0 aromatic carbocycles. The number of ether oxygens (including phenoxy) is 1. The highest BCUT2D eigenvalue weighted by molar-refractivity contribution is 7.11. The van der Waals surface area contributed by atoms with Gasteiger partial charge in [-0.1, -0.05) is 0 Å². The topological polar surface area (TPSA) is 64.3 Å². The van der Waals surface area contributed by atoms with E-state index in [2.05, 4.69) is 39.1 Å². The van der Waals surface area contributed by atoms with Gasteiger partial charge < -0.3 is 9.15 Å². The van der Waals surface area contributed by atoms with Gasteiger partial charge in [-0.3, -0.25) is 9.88 Å². The Labute approximate surface area is 145 Å². The van der Waals surface area contributed by atoms with E-state index in [0.29, 0.717) is 24.9 Å².